The van der Waals surface area contributed by atoms with E-state index < -0.39 is 6.71 Å². The van der Waals surface area contributed by atoms with Crippen LogP contribution in [0.15, 0.2) is 145 Å². The van der Waals surface area contributed by atoms with Crippen molar-refractivity contribution in [3.05, 3.63) is 179 Å². The van der Waals surface area contributed by atoms with Gasteiger partial charge >= 0.3 is 0 Å². The molecule has 2 aliphatic heterocycles. The van der Waals surface area contributed by atoms with Gasteiger partial charge in [0.05, 0.1) is 16.7 Å². The number of fused-ring (bicyclic) bond motifs is 4. The van der Waals surface area contributed by atoms with E-state index in [-0.39, 0.29) is 70.8 Å². The standard InChI is InChI=1S/C48H42BN3/c1-31-7-17-37(18-8-31)50(38-19-9-32(2)10-20-38)41-29-46-48-47(30-41)52(40-23-13-34(4)14-24-40)45-26-16-36(6)28-43(45)49(48)42-27-35(5)15-25-44(42)51(46)39-21-11-33(3)12-22-39/h7-30H,1-6H3/i11D,12D,13D,14D,21D,22D,23D,24D. The Kier molecular flexibility index (Phi) is 5.76. The Labute approximate surface area is 319 Å². The minimum absolute atomic E-state index is 0.108. The monoisotopic (exact) mass is 679 g/mol. The predicted molar refractivity (Wildman–Crippen MR) is 224 cm³/mol. The van der Waals surface area contributed by atoms with Crippen LogP contribution in [0.5, 0.6) is 0 Å². The molecule has 7 aromatic rings. The lowest BCUT2D eigenvalue weighted by Crippen LogP contribution is -2.61. The van der Waals surface area contributed by atoms with Gasteiger partial charge in [-0.25, -0.2) is 0 Å². The van der Waals surface area contributed by atoms with Crippen molar-refractivity contribution in [2.24, 2.45) is 0 Å². The van der Waals surface area contributed by atoms with E-state index in [1.165, 1.54) is 0 Å². The van der Waals surface area contributed by atoms with Crippen LogP contribution in [0.2, 0.25) is 0 Å². The van der Waals surface area contributed by atoms with Gasteiger partial charge in [-0.1, -0.05) is 106 Å². The van der Waals surface area contributed by atoms with Crippen molar-refractivity contribution >= 4 is 74.3 Å². The summed E-state index contributed by atoms with van der Waals surface area (Å²) < 4.78 is 73.8. The van der Waals surface area contributed by atoms with Crippen LogP contribution in [0.25, 0.3) is 0 Å². The molecule has 0 amide bonds. The van der Waals surface area contributed by atoms with Crippen molar-refractivity contribution in [1.29, 1.82) is 0 Å². The summed E-state index contributed by atoms with van der Waals surface area (Å²) in [6.07, 6.45) is 0. The van der Waals surface area contributed by atoms with E-state index in [2.05, 4.69) is 65.6 Å². The van der Waals surface area contributed by atoms with E-state index in [0.717, 1.165) is 50.0 Å². The SMILES string of the molecule is [2H]c1c([2H])c(N2c3ccc(C)cc3B3c4cc(C)ccc4N(c4c([2H])c([2H])c(C)c([2H])c4[2H])c4cc(N(c5ccc(C)cc5)c5ccc(C)cc5)cc2c43)c([2H])c([2H])c1C. The van der Waals surface area contributed by atoms with Gasteiger partial charge in [0.2, 0.25) is 0 Å². The van der Waals surface area contributed by atoms with Crippen LogP contribution in [-0.2, 0) is 0 Å². The highest BCUT2D eigenvalue weighted by Gasteiger charge is 2.44. The Morgan fingerprint density at radius 3 is 1.19 bits per heavy atom. The van der Waals surface area contributed by atoms with Crippen LogP contribution in [0.3, 0.4) is 0 Å². The number of hydrogen-bond acceptors (Lipinski definition) is 3. The highest BCUT2D eigenvalue weighted by molar-refractivity contribution is 7.00. The maximum Gasteiger partial charge on any atom is 0.252 e. The van der Waals surface area contributed by atoms with E-state index in [1.54, 1.807) is 13.8 Å². The van der Waals surface area contributed by atoms with Crippen LogP contribution >= 0.6 is 0 Å². The first-order valence-corrected chi connectivity index (χ1v) is 17.7. The zero-order valence-electron chi connectivity index (χ0n) is 38.2. The van der Waals surface area contributed by atoms with E-state index in [9.17, 15) is 5.48 Å². The maximum atomic E-state index is 9.44. The molecule has 7 aromatic carbocycles. The van der Waals surface area contributed by atoms with E-state index in [0.29, 0.717) is 28.4 Å². The molecule has 52 heavy (non-hydrogen) atoms. The van der Waals surface area contributed by atoms with Crippen molar-refractivity contribution in [3.63, 3.8) is 0 Å². The largest absolute Gasteiger partial charge is 0.311 e. The number of anilines is 9. The van der Waals surface area contributed by atoms with Crippen molar-refractivity contribution in [3.8, 4) is 0 Å². The molecule has 0 atom stereocenters. The smallest absolute Gasteiger partial charge is 0.252 e. The summed E-state index contributed by atoms with van der Waals surface area (Å²) >= 11 is 0. The molecule has 9 rings (SSSR count). The molecule has 0 saturated heterocycles. The number of hydrogen-bond donors (Lipinski definition) is 0. The number of benzene rings is 7. The summed E-state index contributed by atoms with van der Waals surface area (Å²) in [5, 5.41) is 0. The minimum atomic E-state index is -0.395. The Bertz CT molecular complexity index is 2700. The number of rotatable bonds is 5. The molecule has 4 heteroatoms. The number of aryl methyl sites for hydroxylation is 4. The molecule has 2 heterocycles. The van der Waals surface area contributed by atoms with Gasteiger partial charge in [0.1, 0.15) is 0 Å². The summed E-state index contributed by atoms with van der Waals surface area (Å²) in [4.78, 5) is 5.85. The van der Waals surface area contributed by atoms with Crippen molar-refractivity contribution < 1.29 is 11.0 Å². The van der Waals surface area contributed by atoms with Crippen LogP contribution in [-0.4, -0.2) is 6.71 Å². The first kappa shape index (κ1) is 24.2. The fourth-order valence-corrected chi connectivity index (χ4v) is 7.64. The summed E-state index contributed by atoms with van der Waals surface area (Å²) in [5.41, 5.74) is 12.5. The third-order valence-corrected chi connectivity index (χ3v) is 10.1. The molecule has 0 radical (unpaired) electrons. The third-order valence-electron chi connectivity index (χ3n) is 10.1. The Balaban J connectivity index is 1.49. The predicted octanol–water partition coefficient (Wildman–Crippen LogP) is 11.1. The highest BCUT2D eigenvalue weighted by Crippen LogP contribution is 2.48. The summed E-state index contributed by atoms with van der Waals surface area (Å²) in [6, 6.07) is 31.6. The van der Waals surface area contributed by atoms with Crippen LogP contribution < -0.4 is 31.1 Å². The lowest BCUT2D eigenvalue weighted by Gasteiger charge is -2.45. The van der Waals surface area contributed by atoms with Gasteiger partial charge in [0.25, 0.3) is 6.71 Å². The van der Waals surface area contributed by atoms with E-state index >= 15 is 0 Å². The highest BCUT2D eigenvalue weighted by atomic mass is 15.2. The second-order valence-electron chi connectivity index (χ2n) is 14.1. The fraction of sp³-hybridized carbons (Fsp3) is 0.125. The first-order chi connectivity index (χ1) is 28.6. The van der Waals surface area contributed by atoms with Gasteiger partial charge in [0, 0.05) is 45.5 Å². The summed E-state index contributed by atoms with van der Waals surface area (Å²) in [7, 11) is 0. The molecule has 2 aliphatic rings. The summed E-state index contributed by atoms with van der Waals surface area (Å²) in [5.74, 6) is 0. The van der Waals surface area contributed by atoms with Crippen LogP contribution in [0.4, 0.5) is 51.2 Å². The molecular weight excluding hydrogens is 629 g/mol. The average Bonchev–Trinajstić information content (AvgIpc) is 3.23. The van der Waals surface area contributed by atoms with Crippen molar-refractivity contribution in [2.75, 3.05) is 14.7 Å². The van der Waals surface area contributed by atoms with Gasteiger partial charge in [-0.3, -0.25) is 0 Å². The average molecular weight is 680 g/mol. The maximum absolute atomic E-state index is 9.44. The Hall–Kier alpha value is -6.00. The second kappa shape index (κ2) is 12.3. The Morgan fingerprint density at radius 2 is 0.788 bits per heavy atom. The molecule has 0 spiro atoms. The molecule has 0 aliphatic carbocycles. The molecule has 0 unspecified atom stereocenters. The van der Waals surface area contributed by atoms with Gasteiger partial charge in [-0.05, 0) is 131 Å². The normalized spacial score (nSPS) is 14.8. The molecule has 0 bridgehead atoms. The van der Waals surface area contributed by atoms with Gasteiger partial charge in [-0.2, -0.15) is 0 Å². The summed E-state index contributed by atoms with van der Waals surface area (Å²) in [6.45, 7) is 10.9. The quantitative estimate of drug-likeness (QED) is 0.168. The zero-order chi connectivity index (χ0) is 42.6. The zero-order valence-corrected chi connectivity index (χ0v) is 30.2. The third kappa shape index (κ3) is 5.29. The van der Waals surface area contributed by atoms with Gasteiger partial charge < -0.3 is 14.7 Å². The molecule has 252 valence electrons. The second-order valence-corrected chi connectivity index (χ2v) is 14.1. The van der Waals surface area contributed by atoms with Crippen molar-refractivity contribution in [1.82, 2.24) is 0 Å². The van der Waals surface area contributed by atoms with Crippen LogP contribution in [0, 0.1) is 41.5 Å². The molecule has 0 saturated carbocycles. The van der Waals surface area contributed by atoms with Crippen molar-refractivity contribution in [2.45, 2.75) is 41.5 Å². The van der Waals surface area contributed by atoms with Crippen LogP contribution in [0.1, 0.15) is 44.3 Å². The van der Waals surface area contributed by atoms with Gasteiger partial charge in [0.15, 0.2) is 0 Å². The lowest BCUT2D eigenvalue weighted by atomic mass is 9.33. The Morgan fingerprint density at radius 1 is 0.404 bits per heavy atom. The molecule has 3 nitrogen and oxygen atoms in total. The topological polar surface area (TPSA) is 9.72 Å². The molecule has 0 N–H and O–H groups in total. The minimum Gasteiger partial charge on any atom is -0.311 e. The molecule has 0 fully saturated rings. The van der Waals surface area contributed by atoms with E-state index in [4.69, 9.17) is 5.48 Å². The van der Waals surface area contributed by atoms with Gasteiger partial charge in [-0.15, -0.1) is 0 Å². The fourth-order valence-electron chi connectivity index (χ4n) is 7.64. The number of nitrogens with zero attached hydrogens (tertiary/aromatic N) is 3. The first-order valence-electron chi connectivity index (χ1n) is 21.7. The lowest BCUT2D eigenvalue weighted by molar-refractivity contribution is 1.22. The molecule has 0 aromatic heterocycles. The van der Waals surface area contributed by atoms with E-state index in [1.807, 2.05) is 73.9 Å². The molecular formula is C48H42BN3.